The van der Waals surface area contributed by atoms with Crippen LogP contribution in [0.15, 0.2) is 0 Å². The van der Waals surface area contributed by atoms with Gasteiger partial charge in [0, 0.05) is 26.2 Å². The van der Waals surface area contributed by atoms with Crippen molar-refractivity contribution >= 4 is 0 Å². The first-order valence-electron chi connectivity index (χ1n) is 7.58. The van der Waals surface area contributed by atoms with Crippen LogP contribution in [0.4, 0.5) is 0 Å². The maximum absolute atomic E-state index is 2.64. The molecule has 1 aliphatic heterocycles. The fourth-order valence-corrected chi connectivity index (χ4v) is 2.87. The van der Waals surface area contributed by atoms with Crippen molar-refractivity contribution in [2.75, 3.05) is 39.8 Å². The standard InChI is InChI=1S/C15H32N2/c1-5-14(3)15(6-2)8-7-9-17-12-10-16(4)11-13-17/h14-15H,5-13H2,1-4H3. The summed E-state index contributed by atoms with van der Waals surface area (Å²) in [5.41, 5.74) is 0. The lowest BCUT2D eigenvalue weighted by atomic mass is 9.86. The van der Waals surface area contributed by atoms with Gasteiger partial charge < -0.3 is 9.80 Å². The Labute approximate surface area is 108 Å². The van der Waals surface area contributed by atoms with Gasteiger partial charge in [0.25, 0.3) is 0 Å². The van der Waals surface area contributed by atoms with E-state index >= 15 is 0 Å². The summed E-state index contributed by atoms with van der Waals surface area (Å²) in [5.74, 6) is 1.86. The van der Waals surface area contributed by atoms with Crippen molar-refractivity contribution in [3.8, 4) is 0 Å². The van der Waals surface area contributed by atoms with Crippen LogP contribution in [0.5, 0.6) is 0 Å². The van der Waals surface area contributed by atoms with Gasteiger partial charge in [-0.15, -0.1) is 0 Å². The van der Waals surface area contributed by atoms with Crippen molar-refractivity contribution in [3.05, 3.63) is 0 Å². The summed E-state index contributed by atoms with van der Waals surface area (Å²) in [6, 6.07) is 0. The third kappa shape index (κ3) is 5.39. The van der Waals surface area contributed by atoms with Crippen LogP contribution in [0.3, 0.4) is 0 Å². The van der Waals surface area contributed by atoms with Gasteiger partial charge in [-0.05, 0) is 38.3 Å². The predicted molar refractivity (Wildman–Crippen MR) is 76.4 cm³/mol. The molecule has 2 atom stereocenters. The van der Waals surface area contributed by atoms with Crippen LogP contribution in [0.25, 0.3) is 0 Å². The number of rotatable bonds is 7. The van der Waals surface area contributed by atoms with Crippen LogP contribution in [-0.2, 0) is 0 Å². The van der Waals surface area contributed by atoms with Crippen LogP contribution in [0.2, 0.25) is 0 Å². The molecular formula is C15H32N2. The number of hydrogen-bond acceptors (Lipinski definition) is 2. The molecule has 2 unspecified atom stereocenters. The van der Waals surface area contributed by atoms with E-state index < -0.39 is 0 Å². The SMILES string of the molecule is CCC(C)C(CC)CCCN1CCN(C)CC1. The molecule has 0 aromatic heterocycles. The zero-order valence-corrected chi connectivity index (χ0v) is 12.4. The lowest BCUT2D eigenvalue weighted by molar-refractivity contribution is 0.148. The Balaban J connectivity index is 2.13. The molecule has 0 saturated carbocycles. The van der Waals surface area contributed by atoms with E-state index in [-0.39, 0.29) is 0 Å². The van der Waals surface area contributed by atoms with E-state index in [1.807, 2.05) is 0 Å². The quantitative estimate of drug-likeness (QED) is 0.675. The molecule has 0 aliphatic carbocycles. The van der Waals surface area contributed by atoms with Crippen LogP contribution < -0.4 is 0 Å². The lowest BCUT2D eigenvalue weighted by Crippen LogP contribution is -2.44. The number of hydrogen-bond donors (Lipinski definition) is 0. The van der Waals surface area contributed by atoms with E-state index in [0.29, 0.717) is 0 Å². The Morgan fingerprint density at radius 2 is 1.65 bits per heavy atom. The average Bonchev–Trinajstić information content (AvgIpc) is 2.36. The molecule has 0 aromatic rings. The van der Waals surface area contributed by atoms with Gasteiger partial charge in [0.2, 0.25) is 0 Å². The first-order valence-corrected chi connectivity index (χ1v) is 7.58. The average molecular weight is 240 g/mol. The molecule has 1 saturated heterocycles. The van der Waals surface area contributed by atoms with Crippen molar-refractivity contribution in [1.29, 1.82) is 0 Å². The molecule has 0 spiro atoms. The minimum atomic E-state index is 0.910. The van der Waals surface area contributed by atoms with Crippen LogP contribution >= 0.6 is 0 Å². The number of piperazine rings is 1. The monoisotopic (exact) mass is 240 g/mol. The normalized spacial score (nSPS) is 22.6. The Hall–Kier alpha value is -0.0800. The van der Waals surface area contributed by atoms with E-state index in [4.69, 9.17) is 0 Å². The fraction of sp³-hybridized carbons (Fsp3) is 1.00. The highest BCUT2D eigenvalue weighted by Gasteiger charge is 2.16. The van der Waals surface area contributed by atoms with Gasteiger partial charge in [-0.25, -0.2) is 0 Å². The molecule has 2 heteroatoms. The predicted octanol–water partition coefficient (Wildman–Crippen LogP) is 3.09. The summed E-state index contributed by atoms with van der Waals surface area (Å²) >= 11 is 0. The molecule has 2 nitrogen and oxygen atoms in total. The highest BCUT2D eigenvalue weighted by molar-refractivity contribution is 4.70. The highest BCUT2D eigenvalue weighted by Crippen LogP contribution is 2.23. The van der Waals surface area contributed by atoms with Gasteiger partial charge in [0.05, 0.1) is 0 Å². The summed E-state index contributed by atoms with van der Waals surface area (Å²) in [4.78, 5) is 5.08. The molecule has 0 N–H and O–H groups in total. The maximum atomic E-state index is 2.64. The first-order chi connectivity index (χ1) is 8.17. The molecule has 0 amide bonds. The molecule has 17 heavy (non-hydrogen) atoms. The second-order valence-corrected chi connectivity index (χ2v) is 5.84. The second kappa shape index (κ2) is 8.10. The van der Waals surface area contributed by atoms with Crippen molar-refractivity contribution in [2.24, 2.45) is 11.8 Å². The molecule has 0 bridgehead atoms. The van der Waals surface area contributed by atoms with Crippen LogP contribution in [0, 0.1) is 11.8 Å². The van der Waals surface area contributed by atoms with E-state index in [1.165, 1.54) is 58.4 Å². The molecular weight excluding hydrogens is 208 g/mol. The van der Waals surface area contributed by atoms with Crippen molar-refractivity contribution in [1.82, 2.24) is 9.80 Å². The van der Waals surface area contributed by atoms with E-state index in [9.17, 15) is 0 Å². The van der Waals surface area contributed by atoms with E-state index in [1.54, 1.807) is 0 Å². The first kappa shape index (κ1) is 15.0. The van der Waals surface area contributed by atoms with Crippen molar-refractivity contribution < 1.29 is 0 Å². The van der Waals surface area contributed by atoms with E-state index in [0.717, 1.165) is 11.8 Å². The minimum absolute atomic E-state index is 0.910. The Kier molecular flexibility index (Phi) is 7.14. The second-order valence-electron chi connectivity index (χ2n) is 5.84. The molecule has 1 fully saturated rings. The third-order valence-electron chi connectivity index (χ3n) is 4.62. The van der Waals surface area contributed by atoms with Gasteiger partial charge in [-0.2, -0.15) is 0 Å². The number of likely N-dealkylation sites (N-methyl/N-ethyl adjacent to an activating group) is 1. The summed E-state index contributed by atoms with van der Waals surface area (Å²) < 4.78 is 0. The van der Waals surface area contributed by atoms with Crippen molar-refractivity contribution in [2.45, 2.75) is 46.5 Å². The summed E-state index contributed by atoms with van der Waals surface area (Å²) in [6.07, 6.45) is 5.52. The Morgan fingerprint density at radius 3 is 2.18 bits per heavy atom. The topological polar surface area (TPSA) is 6.48 Å². The molecule has 1 heterocycles. The number of nitrogens with zero attached hydrogens (tertiary/aromatic N) is 2. The van der Waals surface area contributed by atoms with Gasteiger partial charge in [0.15, 0.2) is 0 Å². The highest BCUT2D eigenvalue weighted by atomic mass is 15.2. The largest absolute Gasteiger partial charge is 0.304 e. The van der Waals surface area contributed by atoms with Gasteiger partial charge in [0.1, 0.15) is 0 Å². The Bertz CT molecular complexity index is 185. The van der Waals surface area contributed by atoms with Crippen LogP contribution in [-0.4, -0.2) is 49.6 Å². The lowest BCUT2D eigenvalue weighted by Gasteiger charge is -2.32. The molecule has 1 rings (SSSR count). The van der Waals surface area contributed by atoms with Gasteiger partial charge >= 0.3 is 0 Å². The van der Waals surface area contributed by atoms with Crippen LogP contribution in [0.1, 0.15) is 46.5 Å². The maximum Gasteiger partial charge on any atom is 0.0110 e. The third-order valence-corrected chi connectivity index (χ3v) is 4.62. The smallest absolute Gasteiger partial charge is 0.0110 e. The summed E-state index contributed by atoms with van der Waals surface area (Å²) in [5, 5.41) is 0. The molecule has 1 aliphatic rings. The summed E-state index contributed by atoms with van der Waals surface area (Å²) in [7, 11) is 2.23. The molecule has 102 valence electrons. The van der Waals surface area contributed by atoms with Gasteiger partial charge in [-0.3, -0.25) is 0 Å². The molecule has 0 radical (unpaired) electrons. The summed E-state index contributed by atoms with van der Waals surface area (Å²) in [6.45, 7) is 13.5. The van der Waals surface area contributed by atoms with E-state index in [2.05, 4.69) is 37.6 Å². The molecule has 0 aromatic carbocycles. The van der Waals surface area contributed by atoms with Gasteiger partial charge in [-0.1, -0.05) is 33.6 Å². The van der Waals surface area contributed by atoms with Crippen molar-refractivity contribution in [3.63, 3.8) is 0 Å². The fourth-order valence-electron chi connectivity index (χ4n) is 2.87. The zero-order chi connectivity index (χ0) is 12.7. The Morgan fingerprint density at radius 1 is 1.00 bits per heavy atom. The zero-order valence-electron chi connectivity index (χ0n) is 12.4. The minimum Gasteiger partial charge on any atom is -0.304 e.